The van der Waals surface area contributed by atoms with Crippen molar-refractivity contribution in [2.24, 2.45) is 11.8 Å². The lowest BCUT2D eigenvalue weighted by Crippen LogP contribution is -2.01. The van der Waals surface area contributed by atoms with Gasteiger partial charge in [0.1, 0.15) is 8.83 Å². The summed E-state index contributed by atoms with van der Waals surface area (Å²) in [5.41, 5.74) is 0.540. The lowest BCUT2D eigenvalue weighted by Gasteiger charge is -2.15. The van der Waals surface area contributed by atoms with Crippen LogP contribution in [-0.2, 0) is 0 Å². The Morgan fingerprint density at radius 1 is 0.895 bits per heavy atom. The summed E-state index contributed by atoms with van der Waals surface area (Å²) in [7, 11) is -0.503. The standard InChI is InChI=1S/C17H25ClSi/c18-19-17(13-11-15-7-3-1-4-8-15)14-12-16-9-5-2-6-10-16/h1-3,5,11-17H,4,6-10,19H2. The molecule has 2 aliphatic rings. The summed E-state index contributed by atoms with van der Waals surface area (Å²) in [4.78, 5) is 0. The van der Waals surface area contributed by atoms with Crippen LogP contribution in [0.4, 0.5) is 0 Å². The molecule has 0 heterocycles. The molecule has 0 saturated heterocycles. The molecule has 0 aliphatic heterocycles. The summed E-state index contributed by atoms with van der Waals surface area (Å²) >= 11 is 6.21. The molecule has 104 valence electrons. The maximum Gasteiger partial charge on any atom is 0.135 e. The summed E-state index contributed by atoms with van der Waals surface area (Å²) < 4.78 is 0. The van der Waals surface area contributed by atoms with Crippen molar-refractivity contribution in [3.05, 3.63) is 48.6 Å². The Kier molecular flexibility index (Phi) is 6.73. The van der Waals surface area contributed by atoms with Gasteiger partial charge in [-0.3, -0.25) is 0 Å². The van der Waals surface area contributed by atoms with E-state index in [1.54, 1.807) is 0 Å². The van der Waals surface area contributed by atoms with Crippen molar-refractivity contribution in [3.63, 3.8) is 0 Å². The van der Waals surface area contributed by atoms with E-state index < -0.39 is 8.83 Å². The van der Waals surface area contributed by atoms with Crippen molar-refractivity contribution in [1.82, 2.24) is 0 Å². The zero-order valence-corrected chi connectivity index (χ0v) is 13.8. The van der Waals surface area contributed by atoms with Gasteiger partial charge in [0.05, 0.1) is 0 Å². The predicted molar refractivity (Wildman–Crippen MR) is 89.4 cm³/mol. The largest absolute Gasteiger partial charge is 0.175 e. The van der Waals surface area contributed by atoms with Crippen LogP contribution in [0.2, 0.25) is 5.54 Å². The molecule has 0 aromatic rings. The second-order valence-corrected chi connectivity index (χ2v) is 7.85. The second-order valence-electron chi connectivity index (χ2n) is 5.68. The molecule has 0 radical (unpaired) electrons. The van der Waals surface area contributed by atoms with Gasteiger partial charge in [-0.05, 0) is 55.9 Å². The Balaban J connectivity index is 1.81. The van der Waals surface area contributed by atoms with Crippen LogP contribution < -0.4 is 0 Å². The summed E-state index contributed by atoms with van der Waals surface area (Å²) in [6.07, 6.45) is 26.3. The molecule has 2 aliphatic carbocycles. The quantitative estimate of drug-likeness (QED) is 0.383. The van der Waals surface area contributed by atoms with Crippen molar-refractivity contribution in [2.75, 3.05) is 0 Å². The fourth-order valence-corrected chi connectivity index (χ4v) is 3.89. The van der Waals surface area contributed by atoms with E-state index in [1.165, 1.54) is 38.5 Å². The normalized spacial score (nSPS) is 29.9. The maximum atomic E-state index is 6.21. The fraction of sp³-hybridized carbons (Fsp3) is 0.529. The van der Waals surface area contributed by atoms with Gasteiger partial charge in [0.2, 0.25) is 0 Å². The lowest BCUT2D eigenvalue weighted by atomic mass is 9.93. The molecule has 0 spiro atoms. The highest BCUT2D eigenvalue weighted by molar-refractivity contribution is 6.95. The van der Waals surface area contributed by atoms with Crippen LogP contribution in [0.3, 0.4) is 0 Å². The monoisotopic (exact) mass is 292 g/mol. The third kappa shape index (κ3) is 5.54. The van der Waals surface area contributed by atoms with Crippen LogP contribution in [-0.4, -0.2) is 8.83 Å². The maximum absolute atomic E-state index is 6.21. The summed E-state index contributed by atoms with van der Waals surface area (Å²) in [6.45, 7) is 0. The first-order chi connectivity index (χ1) is 9.38. The highest BCUT2D eigenvalue weighted by atomic mass is 35.6. The number of allylic oxidation sites excluding steroid dienone is 8. The van der Waals surface area contributed by atoms with Gasteiger partial charge in [-0.15, -0.1) is 0 Å². The number of hydrogen-bond acceptors (Lipinski definition) is 0. The summed E-state index contributed by atoms with van der Waals surface area (Å²) in [5.74, 6) is 1.49. The Labute approximate surface area is 124 Å². The molecule has 0 fully saturated rings. The van der Waals surface area contributed by atoms with Gasteiger partial charge in [-0.2, -0.15) is 11.1 Å². The molecule has 0 N–H and O–H groups in total. The average molecular weight is 293 g/mol. The zero-order valence-electron chi connectivity index (χ0n) is 11.7. The van der Waals surface area contributed by atoms with Crippen molar-refractivity contribution in [3.8, 4) is 0 Å². The number of rotatable bonds is 5. The van der Waals surface area contributed by atoms with Crippen LogP contribution in [0.5, 0.6) is 0 Å². The predicted octanol–water partition coefficient (Wildman–Crippen LogP) is 4.92. The topological polar surface area (TPSA) is 0 Å². The SMILES string of the molecule is Cl[SiH2]C(C=CC1CC=CCC1)C=CC1CC=CCC1. The van der Waals surface area contributed by atoms with E-state index in [4.69, 9.17) is 11.1 Å². The minimum absolute atomic E-state index is 0.503. The smallest absolute Gasteiger partial charge is 0.135 e. The first-order valence-electron chi connectivity index (χ1n) is 7.61. The minimum Gasteiger partial charge on any atom is -0.175 e. The van der Waals surface area contributed by atoms with Crippen LogP contribution in [0, 0.1) is 11.8 Å². The van der Waals surface area contributed by atoms with Crippen LogP contribution >= 0.6 is 11.1 Å². The average Bonchev–Trinajstić information content (AvgIpc) is 2.49. The van der Waals surface area contributed by atoms with Gasteiger partial charge in [-0.25, -0.2) is 0 Å². The third-order valence-corrected chi connectivity index (χ3v) is 6.03. The third-order valence-electron chi connectivity index (χ3n) is 4.06. The highest BCUT2D eigenvalue weighted by Crippen LogP contribution is 2.23. The molecular formula is C17H25ClSi. The molecule has 2 unspecified atom stereocenters. The van der Waals surface area contributed by atoms with Crippen molar-refractivity contribution in [1.29, 1.82) is 0 Å². The first-order valence-corrected chi connectivity index (χ1v) is 10.6. The summed E-state index contributed by atoms with van der Waals surface area (Å²) in [5, 5.41) is 0. The zero-order chi connectivity index (χ0) is 13.3. The molecule has 0 saturated carbocycles. The summed E-state index contributed by atoms with van der Waals surface area (Å²) in [6, 6.07) is 0. The van der Waals surface area contributed by atoms with Crippen LogP contribution in [0.25, 0.3) is 0 Å². The van der Waals surface area contributed by atoms with E-state index in [9.17, 15) is 0 Å². The van der Waals surface area contributed by atoms with E-state index >= 15 is 0 Å². The minimum atomic E-state index is -0.503. The van der Waals surface area contributed by atoms with E-state index in [0.717, 1.165) is 11.8 Å². The lowest BCUT2D eigenvalue weighted by molar-refractivity contribution is 0.580. The van der Waals surface area contributed by atoms with E-state index in [1.807, 2.05) is 0 Å². The van der Waals surface area contributed by atoms with Gasteiger partial charge >= 0.3 is 0 Å². The molecular weight excluding hydrogens is 268 g/mol. The van der Waals surface area contributed by atoms with Gasteiger partial charge in [0, 0.05) is 0 Å². The van der Waals surface area contributed by atoms with Gasteiger partial charge in [0.15, 0.2) is 0 Å². The molecule has 0 amide bonds. The van der Waals surface area contributed by atoms with Gasteiger partial charge < -0.3 is 0 Å². The van der Waals surface area contributed by atoms with E-state index in [-0.39, 0.29) is 0 Å². The Morgan fingerprint density at radius 3 is 1.79 bits per heavy atom. The van der Waals surface area contributed by atoms with Gasteiger partial charge in [0.25, 0.3) is 0 Å². The molecule has 2 heteroatoms. The van der Waals surface area contributed by atoms with Crippen molar-refractivity contribution >= 4 is 19.9 Å². The Morgan fingerprint density at radius 2 is 1.42 bits per heavy atom. The second kappa shape index (κ2) is 8.60. The van der Waals surface area contributed by atoms with E-state index in [2.05, 4.69) is 48.6 Å². The molecule has 2 rings (SSSR count). The number of halogens is 1. The molecule has 0 bridgehead atoms. The molecule has 2 atom stereocenters. The molecule has 0 nitrogen and oxygen atoms in total. The van der Waals surface area contributed by atoms with Crippen LogP contribution in [0.1, 0.15) is 38.5 Å². The Bertz CT molecular complexity index is 333. The van der Waals surface area contributed by atoms with Gasteiger partial charge in [-0.1, -0.05) is 48.6 Å². The first kappa shape index (κ1) is 14.9. The Hall–Kier alpha value is -0.533. The molecule has 0 aromatic heterocycles. The van der Waals surface area contributed by atoms with Crippen molar-refractivity contribution < 1.29 is 0 Å². The van der Waals surface area contributed by atoms with Crippen LogP contribution in [0.15, 0.2) is 48.6 Å². The fourth-order valence-electron chi connectivity index (χ4n) is 2.75. The molecule has 0 aromatic carbocycles. The highest BCUT2D eigenvalue weighted by Gasteiger charge is 2.09. The van der Waals surface area contributed by atoms with E-state index in [0.29, 0.717) is 5.54 Å². The van der Waals surface area contributed by atoms with Crippen molar-refractivity contribution in [2.45, 2.75) is 44.1 Å². The molecule has 19 heavy (non-hydrogen) atoms. The number of hydrogen-bond donors (Lipinski definition) is 0.